The monoisotopic (exact) mass is 443 g/mol. The molecule has 0 bridgehead atoms. The summed E-state index contributed by atoms with van der Waals surface area (Å²) in [5.41, 5.74) is 3.27. The number of carbonyl (C=O) groups is 1. The largest absolute Gasteiger partial charge is 0.284 e. The number of amidine groups is 1. The van der Waals surface area contributed by atoms with Gasteiger partial charge in [0.15, 0.2) is 5.17 Å². The highest BCUT2D eigenvalue weighted by Crippen LogP contribution is 2.32. The maximum atomic E-state index is 12.9. The Hall–Kier alpha value is -1.92. The van der Waals surface area contributed by atoms with Crippen LogP contribution < -0.4 is 0 Å². The van der Waals surface area contributed by atoms with Crippen molar-refractivity contribution in [1.29, 1.82) is 0 Å². The quantitative estimate of drug-likeness (QED) is 0.443. The van der Waals surface area contributed by atoms with E-state index in [2.05, 4.69) is 52.1 Å². The van der Waals surface area contributed by atoms with Gasteiger partial charge in [-0.3, -0.25) is 9.69 Å². The summed E-state index contributed by atoms with van der Waals surface area (Å²) in [7, 11) is 0. The van der Waals surface area contributed by atoms with Crippen LogP contribution in [0.1, 0.15) is 36.5 Å². The third-order valence-corrected chi connectivity index (χ3v) is 6.14. The smallest absolute Gasteiger partial charge is 0.242 e. The second-order valence-electron chi connectivity index (χ2n) is 6.42. The third-order valence-electron chi connectivity index (χ3n) is 4.38. The highest BCUT2D eigenvalue weighted by molar-refractivity contribution is 9.10. The van der Waals surface area contributed by atoms with Gasteiger partial charge in [-0.05, 0) is 42.2 Å². The van der Waals surface area contributed by atoms with Crippen molar-refractivity contribution in [3.8, 4) is 0 Å². The number of hydrogen-bond acceptors (Lipinski definition) is 4. The second-order valence-corrected chi connectivity index (χ2v) is 8.51. The van der Waals surface area contributed by atoms with Crippen LogP contribution in [0.5, 0.6) is 0 Å². The summed E-state index contributed by atoms with van der Waals surface area (Å²) in [6.45, 7) is 4.70. The molecule has 1 aliphatic heterocycles. The molecule has 140 valence electrons. The fourth-order valence-corrected chi connectivity index (χ4v) is 4.31. The molecule has 1 heterocycles. The summed E-state index contributed by atoms with van der Waals surface area (Å²) in [6.07, 6.45) is 3.53. The highest BCUT2D eigenvalue weighted by Gasteiger charge is 2.37. The molecule has 0 unspecified atom stereocenters. The lowest BCUT2D eigenvalue weighted by Crippen LogP contribution is -2.31. The zero-order chi connectivity index (χ0) is 19.2. The summed E-state index contributed by atoms with van der Waals surface area (Å²) in [4.78, 5) is 14.6. The van der Waals surface area contributed by atoms with Crippen LogP contribution >= 0.6 is 27.7 Å². The molecule has 2 aromatic rings. The molecule has 27 heavy (non-hydrogen) atoms. The minimum atomic E-state index is -0.0688. The minimum Gasteiger partial charge on any atom is -0.284 e. The van der Waals surface area contributed by atoms with Crippen molar-refractivity contribution in [2.24, 2.45) is 10.2 Å². The van der Waals surface area contributed by atoms with Crippen molar-refractivity contribution in [1.82, 2.24) is 4.90 Å². The van der Waals surface area contributed by atoms with E-state index in [9.17, 15) is 4.79 Å². The van der Waals surface area contributed by atoms with Gasteiger partial charge in [0, 0.05) is 4.47 Å². The average Bonchev–Trinajstić information content (AvgIpc) is 2.95. The number of rotatable bonds is 6. The summed E-state index contributed by atoms with van der Waals surface area (Å²) in [5, 5.41) is 9.21. The number of benzene rings is 2. The number of hydrogen-bond donors (Lipinski definition) is 0. The second kappa shape index (κ2) is 9.33. The van der Waals surface area contributed by atoms with Gasteiger partial charge in [-0.15, -0.1) is 5.10 Å². The first-order valence-electron chi connectivity index (χ1n) is 8.97. The van der Waals surface area contributed by atoms with E-state index in [1.165, 1.54) is 17.3 Å². The van der Waals surface area contributed by atoms with Crippen LogP contribution in [-0.2, 0) is 11.3 Å². The summed E-state index contributed by atoms with van der Waals surface area (Å²) < 4.78 is 1.02. The topological polar surface area (TPSA) is 45.0 Å². The molecular formula is C21H22BrN3OS. The number of halogens is 1. The molecule has 2 aromatic carbocycles. The fraction of sp³-hybridized carbons (Fsp3) is 0.286. The lowest BCUT2D eigenvalue weighted by atomic mass is 10.1. The van der Waals surface area contributed by atoms with Gasteiger partial charge in [0.1, 0.15) is 0 Å². The summed E-state index contributed by atoms with van der Waals surface area (Å²) in [6, 6.07) is 16.0. The number of thioether (sulfide) groups is 1. The zero-order valence-electron chi connectivity index (χ0n) is 15.4. The molecule has 0 saturated carbocycles. The van der Waals surface area contributed by atoms with E-state index in [4.69, 9.17) is 0 Å². The zero-order valence-corrected chi connectivity index (χ0v) is 17.8. The molecule has 6 heteroatoms. The van der Waals surface area contributed by atoms with Crippen LogP contribution in [0.25, 0.3) is 0 Å². The number of amides is 1. The number of carbonyl (C=O) groups excluding carboxylic acids is 1. The summed E-state index contributed by atoms with van der Waals surface area (Å²) in [5.74, 6) is 0.127. The van der Waals surface area contributed by atoms with Crippen LogP contribution in [0.2, 0.25) is 0 Å². The molecule has 1 aliphatic rings. The molecule has 0 radical (unpaired) electrons. The SMILES string of the molecule is CCC[C@H]1S/C(=N/N=C\c2ccc(Br)cc2)N(Cc2ccccc2C)C1=O. The average molecular weight is 444 g/mol. The Balaban J connectivity index is 1.82. The molecule has 4 nitrogen and oxygen atoms in total. The first kappa shape index (κ1) is 19.8. The Morgan fingerprint density at radius 1 is 1.19 bits per heavy atom. The van der Waals surface area contributed by atoms with Crippen molar-refractivity contribution >= 4 is 45.0 Å². The number of aryl methyl sites for hydroxylation is 1. The Kier molecular flexibility index (Phi) is 6.85. The van der Waals surface area contributed by atoms with Crippen molar-refractivity contribution < 1.29 is 4.79 Å². The minimum absolute atomic E-state index is 0.0688. The van der Waals surface area contributed by atoms with Crippen molar-refractivity contribution in [3.05, 3.63) is 69.7 Å². The van der Waals surface area contributed by atoms with Crippen molar-refractivity contribution in [3.63, 3.8) is 0 Å². The van der Waals surface area contributed by atoms with Gasteiger partial charge >= 0.3 is 0 Å². The van der Waals surface area contributed by atoms with Gasteiger partial charge in [0.25, 0.3) is 0 Å². The van der Waals surface area contributed by atoms with Gasteiger partial charge in [0.05, 0.1) is 18.0 Å². The third kappa shape index (κ3) is 5.08. The van der Waals surface area contributed by atoms with E-state index in [1.54, 1.807) is 11.1 Å². The first-order valence-corrected chi connectivity index (χ1v) is 10.6. The first-order chi connectivity index (χ1) is 13.1. The standard InChI is InChI=1S/C21H22BrN3OS/c1-3-6-19-20(26)25(14-17-8-5-4-7-15(17)2)21(27-19)24-23-13-16-9-11-18(22)12-10-16/h4-5,7-13,19H,3,6,14H2,1-2H3/b23-13-,24-21+/t19-/m1/s1. The lowest BCUT2D eigenvalue weighted by Gasteiger charge is -2.17. The summed E-state index contributed by atoms with van der Waals surface area (Å²) >= 11 is 4.94. The van der Waals surface area contributed by atoms with Crippen LogP contribution in [0.3, 0.4) is 0 Å². The maximum absolute atomic E-state index is 12.9. The van der Waals surface area contributed by atoms with Crippen molar-refractivity contribution in [2.75, 3.05) is 0 Å². The molecule has 1 amide bonds. The van der Waals surface area contributed by atoms with Gasteiger partial charge < -0.3 is 0 Å². The van der Waals surface area contributed by atoms with Gasteiger partial charge in [-0.25, -0.2) is 0 Å². The predicted molar refractivity (Wildman–Crippen MR) is 117 cm³/mol. The molecule has 0 N–H and O–H groups in total. The van der Waals surface area contributed by atoms with Crippen LogP contribution in [0, 0.1) is 6.92 Å². The van der Waals surface area contributed by atoms with E-state index < -0.39 is 0 Å². The van der Waals surface area contributed by atoms with Crippen molar-refractivity contribution in [2.45, 2.75) is 38.5 Å². The van der Waals surface area contributed by atoms with Crippen LogP contribution in [0.4, 0.5) is 0 Å². The predicted octanol–water partition coefficient (Wildman–Crippen LogP) is 5.39. The van der Waals surface area contributed by atoms with Gasteiger partial charge in [0.2, 0.25) is 5.91 Å². The van der Waals surface area contributed by atoms with Crippen LogP contribution in [0.15, 0.2) is 63.2 Å². The van der Waals surface area contributed by atoms with E-state index >= 15 is 0 Å². The molecule has 1 saturated heterocycles. The Morgan fingerprint density at radius 2 is 1.93 bits per heavy atom. The molecule has 0 aromatic heterocycles. The lowest BCUT2D eigenvalue weighted by molar-refractivity contribution is -0.126. The molecule has 3 rings (SSSR count). The maximum Gasteiger partial charge on any atom is 0.242 e. The molecule has 0 aliphatic carbocycles. The fourth-order valence-electron chi connectivity index (χ4n) is 2.83. The van der Waals surface area contributed by atoms with E-state index in [-0.39, 0.29) is 11.2 Å². The Morgan fingerprint density at radius 3 is 2.63 bits per heavy atom. The Labute approximate surface area is 172 Å². The highest BCUT2D eigenvalue weighted by atomic mass is 79.9. The molecule has 1 atom stereocenters. The molecule has 0 spiro atoms. The van der Waals surface area contributed by atoms with Gasteiger partial charge in [-0.1, -0.05) is 77.4 Å². The normalized spacial score (nSPS) is 18.8. The van der Waals surface area contributed by atoms with Gasteiger partial charge in [-0.2, -0.15) is 5.10 Å². The number of nitrogens with zero attached hydrogens (tertiary/aromatic N) is 3. The van der Waals surface area contributed by atoms with Crippen LogP contribution in [-0.4, -0.2) is 27.4 Å². The van der Waals surface area contributed by atoms with E-state index in [1.807, 2.05) is 36.4 Å². The Bertz CT molecular complexity index is 864. The van der Waals surface area contributed by atoms with E-state index in [0.29, 0.717) is 11.7 Å². The van der Waals surface area contributed by atoms with E-state index in [0.717, 1.165) is 28.4 Å². The molecular weight excluding hydrogens is 422 g/mol. The molecule has 1 fully saturated rings.